The second-order valence-corrected chi connectivity index (χ2v) is 3.86. The largest absolute Gasteiger partial charge is 0.359 e. The third kappa shape index (κ3) is 2.14. The fourth-order valence-corrected chi connectivity index (χ4v) is 1.57. The fourth-order valence-electron chi connectivity index (χ4n) is 1.57. The summed E-state index contributed by atoms with van der Waals surface area (Å²) in [5, 5.41) is 7.00. The van der Waals surface area contributed by atoms with Gasteiger partial charge in [-0.05, 0) is 20.9 Å². The summed E-state index contributed by atoms with van der Waals surface area (Å²) < 4.78 is 7.30. The summed E-state index contributed by atoms with van der Waals surface area (Å²) in [4.78, 5) is 4.24. The van der Waals surface area contributed by atoms with Crippen molar-refractivity contribution in [2.75, 3.05) is 7.05 Å². The van der Waals surface area contributed by atoms with Gasteiger partial charge in [-0.3, -0.25) is 0 Å². The summed E-state index contributed by atoms with van der Waals surface area (Å²) in [6, 6.07) is 1.96. The van der Waals surface area contributed by atoms with Crippen LogP contribution in [-0.4, -0.2) is 21.8 Å². The Labute approximate surface area is 94.5 Å². The van der Waals surface area contributed by atoms with E-state index in [-0.39, 0.29) is 0 Å². The SMILES string of the molecule is CNCc1cc(Cn2cnc(C)c2C)on1. The van der Waals surface area contributed by atoms with E-state index in [2.05, 4.69) is 20.0 Å². The molecule has 0 bridgehead atoms. The predicted molar refractivity (Wildman–Crippen MR) is 60.1 cm³/mol. The minimum absolute atomic E-state index is 0.684. The average Bonchev–Trinajstić information content (AvgIpc) is 2.82. The smallest absolute Gasteiger partial charge is 0.156 e. The van der Waals surface area contributed by atoms with E-state index in [1.807, 2.05) is 33.3 Å². The van der Waals surface area contributed by atoms with Crippen molar-refractivity contribution in [1.82, 2.24) is 20.0 Å². The van der Waals surface area contributed by atoms with E-state index >= 15 is 0 Å². The number of imidazole rings is 1. The molecule has 86 valence electrons. The quantitative estimate of drug-likeness (QED) is 0.842. The van der Waals surface area contributed by atoms with Gasteiger partial charge in [-0.2, -0.15) is 0 Å². The first-order valence-corrected chi connectivity index (χ1v) is 5.28. The minimum atomic E-state index is 0.684. The maximum absolute atomic E-state index is 5.25. The van der Waals surface area contributed by atoms with E-state index in [1.165, 1.54) is 0 Å². The number of aryl methyl sites for hydroxylation is 1. The van der Waals surface area contributed by atoms with Gasteiger partial charge in [-0.15, -0.1) is 0 Å². The highest BCUT2D eigenvalue weighted by atomic mass is 16.5. The Balaban J connectivity index is 2.11. The van der Waals surface area contributed by atoms with Crippen molar-refractivity contribution in [3.05, 3.63) is 35.2 Å². The zero-order chi connectivity index (χ0) is 11.5. The van der Waals surface area contributed by atoms with E-state index in [9.17, 15) is 0 Å². The lowest BCUT2D eigenvalue weighted by Gasteiger charge is -2.00. The number of nitrogens with zero attached hydrogens (tertiary/aromatic N) is 3. The van der Waals surface area contributed by atoms with Crippen LogP contribution in [0, 0.1) is 13.8 Å². The summed E-state index contributed by atoms with van der Waals surface area (Å²) in [7, 11) is 1.89. The fraction of sp³-hybridized carbons (Fsp3) is 0.455. The van der Waals surface area contributed by atoms with Gasteiger partial charge in [0, 0.05) is 18.3 Å². The van der Waals surface area contributed by atoms with Gasteiger partial charge < -0.3 is 14.4 Å². The molecule has 5 nitrogen and oxygen atoms in total. The van der Waals surface area contributed by atoms with Gasteiger partial charge >= 0.3 is 0 Å². The predicted octanol–water partition coefficient (Wildman–Crippen LogP) is 1.26. The third-order valence-electron chi connectivity index (χ3n) is 2.64. The van der Waals surface area contributed by atoms with Crippen LogP contribution < -0.4 is 5.32 Å². The first kappa shape index (κ1) is 10.9. The summed E-state index contributed by atoms with van der Waals surface area (Å²) in [6.45, 7) is 5.46. The first-order chi connectivity index (χ1) is 7.70. The van der Waals surface area contributed by atoms with E-state index < -0.39 is 0 Å². The summed E-state index contributed by atoms with van der Waals surface area (Å²) in [6.07, 6.45) is 1.82. The molecule has 0 unspecified atom stereocenters. The summed E-state index contributed by atoms with van der Waals surface area (Å²) >= 11 is 0. The Morgan fingerprint density at radius 2 is 2.25 bits per heavy atom. The van der Waals surface area contributed by atoms with Crippen LogP contribution in [0.3, 0.4) is 0 Å². The van der Waals surface area contributed by atoms with E-state index in [0.717, 1.165) is 29.4 Å². The molecule has 2 heterocycles. The topological polar surface area (TPSA) is 55.9 Å². The third-order valence-corrected chi connectivity index (χ3v) is 2.64. The lowest BCUT2D eigenvalue weighted by molar-refractivity contribution is 0.369. The van der Waals surface area contributed by atoms with E-state index in [0.29, 0.717) is 6.54 Å². The lowest BCUT2D eigenvalue weighted by atomic mass is 10.3. The highest BCUT2D eigenvalue weighted by molar-refractivity contribution is 5.12. The monoisotopic (exact) mass is 220 g/mol. The number of hydrogen-bond donors (Lipinski definition) is 1. The molecule has 0 amide bonds. The van der Waals surface area contributed by atoms with E-state index in [1.54, 1.807) is 0 Å². The van der Waals surface area contributed by atoms with Crippen LogP contribution in [0.5, 0.6) is 0 Å². The molecule has 2 rings (SSSR count). The second-order valence-electron chi connectivity index (χ2n) is 3.86. The molecule has 0 spiro atoms. The van der Waals surface area contributed by atoms with Crippen LogP contribution in [0.15, 0.2) is 16.9 Å². The van der Waals surface area contributed by atoms with Crippen LogP contribution in [0.1, 0.15) is 22.8 Å². The molecule has 0 saturated carbocycles. The highest BCUT2D eigenvalue weighted by Gasteiger charge is 2.07. The Kier molecular flexibility index (Phi) is 3.05. The zero-order valence-electron chi connectivity index (χ0n) is 9.82. The Hall–Kier alpha value is -1.62. The maximum atomic E-state index is 5.25. The number of aromatic nitrogens is 3. The van der Waals surface area contributed by atoms with Gasteiger partial charge in [0.2, 0.25) is 0 Å². The van der Waals surface area contributed by atoms with Crippen molar-refractivity contribution in [2.45, 2.75) is 26.9 Å². The molecule has 0 saturated heterocycles. The Morgan fingerprint density at radius 3 is 2.88 bits per heavy atom. The van der Waals surface area contributed by atoms with Crippen LogP contribution in [0.2, 0.25) is 0 Å². The number of nitrogens with one attached hydrogen (secondary N) is 1. The average molecular weight is 220 g/mol. The Bertz CT molecular complexity index is 472. The zero-order valence-corrected chi connectivity index (χ0v) is 9.82. The van der Waals surface area contributed by atoms with Gasteiger partial charge in [0.25, 0.3) is 0 Å². The van der Waals surface area contributed by atoms with Gasteiger partial charge in [0.05, 0.1) is 24.3 Å². The molecular weight excluding hydrogens is 204 g/mol. The molecule has 2 aromatic rings. The van der Waals surface area contributed by atoms with Crippen molar-refractivity contribution in [2.24, 2.45) is 0 Å². The van der Waals surface area contributed by atoms with Gasteiger partial charge in [-0.1, -0.05) is 5.16 Å². The van der Waals surface area contributed by atoms with Gasteiger partial charge in [0.15, 0.2) is 5.76 Å². The summed E-state index contributed by atoms with van der Waals surface area (Å²) in [5.41, 5.74) is 3.13. The van der Waals surface area contributed by atoms with Crippen LogP contribution in [0.25, 0.3) is 0 Å². The van der Waals surface area contributed by atoms with Gasteiger partial charge in [0.1, 0.15) is 0 Å². The molecule has 0 atom stereocenters. The standard InChI is InChI=1S/C11H16N4O/c1-8-9(2)15(7-13-8)6-11-4-10(5-12-3)14-16-11/h4,7,12H,5-6H2,1-3H3. The van der Waals surface area contributed by atoms with Crippen molar-refractivity contribution < 1.29 is 4.52 Å². The molecular formula is C11H16N4O. The highest BCUT2D eigenvalue weighted by Crippen LogP contribution is 2.10. The molecule has 0 aliphatic carbocycles. The van der Waals surface area contributed by atoms with Crippen LogP contribution in [0.4, 0.5) is 0 Å². The molecule has 5 heteroatoms. The number of rotatable bonds is 4. The second kappa shape index (κ2) is 4.49. The molecule has 16 heavy (non-hydrogen) atoms. The van der Waals surface area contributed by atoms with Gasteiger partial charge in [-0.25, -0.2) is 4.98 Å². The molecule has 2 aromatic heterocycles. The molecule has 1 N–H and O–H groups in total. The minimum Gasteiger partial charge on any atom is -0.359 e. The van der Waals surface area contributed by atoms with Crippen LogP contribution in [-0.2, 0) is 13.1 Å². The van der Waals surface area contributed by atoms with Crippen molar-refractivity contribution in [3.63, 3.8) is 0 Å². The van der Waals surface area contributed by atoms with Crippen LogP contribution >= 0.6 is 0 Å². The lowest BCUT2D eigenvalue weighted by Crippen LogP contribution is -2.04. The Morgan fingerprint density at radius 1 is 1.44 bits per heavy atom. The normalized spacial score (nSPS) is 10.9. The van der Waals surface area contributed by atoms with Crippen molar-refractivity contribution in [1.29, 1.82) is 0 Å². The van der Waals surface area contributed by atoms with E-state index in [4.69, 9.17) is 4.52 Å². The van der Waals surface area contributed by atoms with Crippen molar-refractivity contribution in [3.8, 4) is 0 Å². The maximum Gasteiger partial charge on any atom is 0.156 e. The number of hydrogen-bond acceptors (Lipinski definition) is 4. The molecule has 0 aliphatic rings. The first-order valence-electron chi connectivity index (χ1n) is 5.28. The molecule has 0 radical (unpaired) electrons. The molecule has 0 fully saturated rings. The molecule has 0 aromatic carbocycles. The molecule has 0 aliphatic heterocycles. The summed E-state index contributed by atoms with van der Waals surface area (Å²) in [5.74, 6) is 0.853. The van der Waals surface area contributed by atoms with Crippen molar-refractivity contribution >= 4 is 0 Å².